The molecule has 0 aliphatic carbocycles. The maximum absolute atomic E-state index is 12.1. The maximum Gasteiger partial charge on any atom is 0.337 e. The summed E-state index contributed by atoms with van der Waals surface area (Å²) in [4.78, 5) is 45.9. The van der Waals surface area contributed by atoms with Crippen LogP contribution in [0, 0.1) is 11.8 Å². The van der Waals surface area contributed by atoms with E-state index in [1.807, 2.05) is 0 Å². The molecule has 0 aromatic carbocycles. The van der Waals surface area contributed by atoms with Gasteiger partial charge < -0.3 is 30.5 Å². The fourth-order valence-corrected chi connectivity index (χ4v) is 2.80. The lowest BCUT2D eigenvalue weighted by atomic mass is 9.87. The molecule has 0 saturated carbocycles. The van der Waals surface area contributed by atoms with E-state index < -0.39 is 54.1 Å². The topological polar surface area (TPSA) is 199 Å². The van der Waals surface area contributed by atoms with Crippen LogP contribution < -0.4 is 11.5 Å². The van der Waals surface area contributed by atoms with Crippen molar-refractivity contribution >= 4 is 23.9 Å². The van der Waals surface area contributed by atoms with Crippen LogP contribution >= 0.6 is 0 Å². The van der Waals surface area contributed by atoms with Gasteiger partial charge in [0.2, 0.25) is 0 Å². The molecule has 1 fully saturated rings. The van der Waals surface area contributed by atoms with Gasteiger partial charge in [0.25, 0.3) is 0 Å². The molecule has 11 nitrogen and oxygen atoms in total. The molecule has 1 aliphatic heterocycles. The molecule has 1 heterocycles. The van der Waals surface area contributed by atoms with Gasteiger partial charge in [-0.1, -0.05) is 12.8 Å². The van der Waals surface area contributed by atoms with Gasteiger partial charge in [-0.3, -0.25) is 15.3 Å². The van der Waals surface area contributed by atoms with Gasteiger partial charge in [-0.15, -0.1) is 0 Å². The summed E-state index contributed by atoms with van der Waals surface area (Å²) in [6.45, 7) is 0.576. The number of carbonyl (C=O) groups is 4. The van der Waals surface area contributed by atoms with E-state index in [1.54, 1.807) is 0 Å². The van der Waals surface area contributed by atoms with Gasteiger partial charge in [0.05, 0.1) is 0 Å². The highest BCUT2D eigenvalue weighted by Gasteiger charge is 2.58. The van der Waals surface area contributed by atoms with Crippen LogP contribution in [0.25, 0.3) is 0 Å². The highest BCUT2D eigenvalue weighted by molar-refractivity contribution is 5.92. The second-order valence-electron chi connectivity index (χ2n) is 6.01. The first-order chi connectivity index (χ1) is 12.2. The monoisotopic (exact) mass is 376 g/mol. The second-order valence-corrected chi connectivity index (χ2v) is 6.01. The van der Waals surface area contributed by atoms with E-state index in [0.717, 1.165) is 19.3 Å². The molecule has 0 radical (unpaired) electrons. The second kappa shape index (κ2) is 10.0. The predicted octanol–water partition coefficient (Wildman–Crippen LogP) is -1.02. The molecule has 5 unspecified atom stereocenters. The van der Waals surface area contributed by atoms with Gasteiger partial charge in [0.15, 0.2) is 18.4 Å². The summed E-state index contributed by atoms with van der Waals surface area (Å²) >= 11 is 0. The minimum absolute atomic E-state index is 0.311. The summed E-state index contributed by atoms with van der Waals surface area (Å²) in [6, 6.07) is 0. The molecule has 0 amide bonds. The van der Waals surface area contributed by atoms with E-state index in [-0.39, 0.29) is 0 Å². The van der Waals surface area contributed by atoms with Gasteiger partial charge in [-0.2, -0.15) is 0 Å². The highest BCUT2D eigenvalue weighted by atomic mass is 16.6. The zero-order chi connectivity index (χ0) is 19.9. The minimum Gasteiger partial charge on any atom is -0.481 e. The third-order valence-electron chi connectivity index (χ3n) is 4.09. The lowest BCUT2D eigenvalue weighted by molar-refractivity contribution is -0.171. The molecule has 11 heteroatoms. The third kappa shape index (κ3) is 5.64. The first-order valence-corrected chi connectivity index (χ1v) is 8.20. The molecular weight excluding hydrogens is 352 g/mol. The molecule has 1 rings (SSSR count). The number of unbranched alkanes of at least 4 members (excludes halogenated alkanes) is 3. The van der Waals surface area contributed by atoms with Crippen LogP contribution in [0.2, 0.25) is 0 Å². The van der Waals surface area contributed by atoms with Crippen LogP contribution in [0.15, 0.2) is 0 Å². The molecule has 5 atom stereocenters. The van der Waals surface area contributed by atoms with Crippen LogP contribution in [0.5, 0.6) is 0 Å². The van der Waals surface area contributed by atoms with Gasteiger partial charge in [-0.25, -0.2) is 9.59 Å². The van der Waals surface area contributed by atoms with Crippen molar-refractivity contribution in [3.8, 4) is 0 Å². The number of hydrogen-bond donors (Lipinski definition) is 5. The lowest BCUT2D eigenvalue weighted by Crippen LogP contribution is -2.41. The standard InChI is InChI=1S/C15H24N2O9/c16-6-4-2-1-3-5-7(17)25-15(24)11-9(13(20)21)8(12(18)19)10(26-11)14(22)23/h7-11H,1-6,16-17H2,(H,18,19)(H,20,21)(H,22,23). The highest BCUT2D eigenvalue weighted by Crippen LogP contribution is 2.34. The average molecular weight is 376 g/mol. The van der Waals surface area contributed by atoms with Crippen molar-refractivity contribution in [3.63, 3.8) is 0 Å². The summed E-state index contributed by atoms with van der Waals surface area (Å²) in [6.07, 6.45) is -1.34. The molecule has 26 heavy (non-hydrogen) atoms. The van der Waals surface area contributed by atoms with Crippen molar-refractivity contribution in [2.75, 3.05) is 6.54 Å². The van der Waals surface area contributed by atoms with Gasteiger partial charge in [-0.05, 0) is 25.8 Å². The number of hydrogen-bond acceptors (Lipinski definition) is 8. The Morgan fingerprint density at radius 1 is 0.885 bits per heavy atom. The third-order valence-corrected chi connectivity index (χ3v) is 4.09. The molecular formula is C15H24N2O9. The van der Waals surface area contributed by atoms with Gasteiger partial charge in [0.1, 0.15) is 11.8 Å². The Morgan fingerprint density at radius 2 is 1.42 bits per heavy atom. The number of carboxylic acids is 3. The van der Waals surface area contributed by atoms with Crippen LogP contribution in [0.4, 0.5) is 0 Å². The van der Waals surface area contributed by atoms with E-state index in [9.17, 15) is 24.3 Å². The van der Waals surface area contributed by atoms with Crippen molar-refractivity contribution in [1.82, 2.24) is 0 Å². The zero-order valence-corrected chi connectivity index (χ0v) is 14.1. The smallest absolute Gasteiger partial charge is 0.337 e. The van der Waals surface area contributed by atoms with E-state index in [4.69, 9.17) is 31.2 Å². The Bertz CT molecular complexity index is 539. The summed E-state index contributed by atoms with van der Waals surface area (Å²) in [5.74, 6) is -10.0. The fraction of sp³-hybridized carbons (Fsp3) is 0.733. The summed E-state index contributed by atoms with van der Waals surface area (Å²) in [7, 11) is 0. The maximum atomic E-state index is 12.1. The molecule has 0 bridgehead atoms. The largest absolute Gasteiger partial charge is 0.481 e. The minimum atomic E-state index is -1.97. The van der Waals surface area contributed by atoms with E-state index in [0.29, 0.717) is 19.4 Å². The summed E-state index contributed by atoms with van der Waals surface area (Å²) < 4.78 is 9.80. The molecule has 7 N–H and O–H groups in total. The van der Waals surface area contributed by atoms with Crippen molar-refractivity contribution in [2.45, 2.75) is 50.5 Å². The quantitative estimate of drug-likeness (QED) is 0.168. The van der Waals surface area contributed by atoms with Crippen molar-refractivity contribution in [1.29, 1.82) is 0 Å². The Morgan fingerprint density at radius 3 is 1.92 bits per heavy atom. The Labute approximate surface area is 149 Å². The number of carboxylic acid groups (broad SMARTS) is 3. The van der Waals surface area contributed by atoms with E-state index in [2.05, 4.69) is 0 Å². The molecule has 0 aromatic heterocycles. The number of ether oxygens (including phenoxy) is 2. The van der Waals surface area contributed by atoms with Crippen molar-refractivity contribution < 1.29 is 44.0 Å². The summed E-state index contributed by atoms with van der Waals surface area (Å²) in [5, 5.41) is 27.4. The van der Waals surface area contributed by atoms with Crippen LogP contribution in [-0.2, 0) is 28.7 Å². The van der Waals surface area contributed by atoms with E-state index >= 15 is 0 Å². The Hall–Kier alpha value is -2.24. The first kappa shape index (κ1) is 21.8. The first-order valence-electron chi connectivity index (χ1n) is 8.20. The number of aliphatic carboxylic acids is 3. The lowest BCUT2D eigenvalue weighted by Gasteiger charge is -2.19. The molecule has 148 valence electrons. The number of nitrogens with two attached hydrogens (primary N) is 2. The van der Waals surface area contributed by atoms with Gasteiger partial charge >= 0.3 is 23.9 Å². The summed E-state index contributed by atoms with van der Waals surface area (Å²) in [5.41, 5.74) is 11.0. The number of rotatable bonds is 11. The van der Waals surface area contributed by atoms with Gasteiger partial charge in [0, 0.05) is 0 Å². The predicted molar refractivity (Wildman–Crippen MR) is 84.8 cm³/mol. The van der Waals surface area contributed by atoms with Crippen molar-refractivity contribution in [2.24, 2.45) is 23.3 Å². The normalized spacial score (nSPS) is 26.2. The Kier molecular flexibility index (Phi) is 8.42. The number of esters is 1. The Balaban J connectivity index is 2.72. The number of carbonyl (C=O) groups excluding carboxylic acids is 1. The van der Waals surface area contributed by atoms with Crippen molar-refractivity contribution in [3.05, 3.63) is 0 Å². The molecule has 0 aromatic rings. The van der Waals surface area contributed by atoms with E-state index in [1.165, 1.54) is 0 Å². The SMILES string of the molecule is NCCCCCCC(N)OC(=O)C1OC(C(=O)O)C(C(=O)O)C1C(=O)O. The molecule has 1 aliphatic rings. The fourth-order valence-electron chi connectivity index (χ4n) is 2.80. The zero-order valence-electron chi connectivity index (χ0n) is 14.1. The molecule has 0 spiro atoms. The average Bonchev–Trinajstić information content (AvgIpc) is 2.96. The van der Waals surface area contributed by atoms with Crippen LogP contribution in [0.3, 0.4) is 0 Å². The van der Waals surface area contributed by atoms with Crippen LogP contribution in [0.1, 0.15) is 32.1 Å². The van der Waals surface area contributed by atoms with Crippen LogP contribution in [-0.4, -0.2) is 64.2 Å². The molecule has 1 saturated heterocycles.